The SMILES string of the molecule is CCC(C)C(NC(=O)OCC1c2ccccc2-c2ccccc21)C(O)O. The highest BCUT2D eigenvalue weighted by molar-refractivity contribution is 5.79. The fraction of sp³-hybridized carbons (Fsp3) is 0.381. The third-order valence-corrected chi connectivity index (χ3v) is 5.21. The van der Waals surface area contributed by atoms with Crippen molar-refractivity contribution >= 4 is 6.09 Å². The molecule has 2 aromatic rings. The summed E-state index contributed by atoms with van der Waals surface area (Å²) in [7, 11) is 0. The largest absolute Gasteiger partial charge is 0.449 e. The monoisotopic (exact) mass is 355 g/mol. The molecule has 1 amide bonds. The van der Waals surface area contributed by atoms with E-state index in [2.05, 4.69) is 29.6 Å². The van der Waals surface area contributed by atoms with Crippen LogP contribution in [-0.4, -0.2) is 35.2 Å². The zero-order valence-corrected chi connectivity index (χ0v) is 15.1. The first-order valence-corrected chi connectivity index (χ1v) is 9.00. The molecule has 0 aromatic heterocycles. The number of carbonyl (C=O) groups excluding carboxylic acids is 1. The fourth-order valence-electron chi connectivity index (χ4n) is 3.54. The first-order valence-electron chi connectivity index (χ1n) is 9.00. The Hall–Kier alpha value is -2.37. The lowest BCUT2D eigenvalue weighted by Gasteiger charge is -2.25. The van der Waals surface area contributed by atoms with Gasteiger partial charge in [0.25, 0.3) is 0 Å². The maximum absolute atomic E-state index is 12.2. The molecule has 0 heterocycles. The number of hydrogen-bond acceptors (Lipinski definition) is 4. The smallest absolute Gasteiger partial charge is 0.407 e. The average Bonchev–Trinajstić information content (AvgIpc) is 2.97. The molecule has 0 bridgehead atoms. The highest BCUT2D eigenvalue weighted by atomic mass is 16.5. The second-order valence-corrected chi connectivity index (χ2v) is 6.79. The first-order chi connectivity index (χ1) is 12.5. The van der Waals surface area contributed by atoms with Crippen molar-refractivity contribution in [3.63, 3.8) is 0 Å². The summed E-state index contributed by atoms with van der Waals surface area (Å²) in [6.07, 6.45) is -1.54. The van der Waals surface area contributed by atoms with Crippen LogP contribution in [0.3, 0.4) is 0 Å². The van der Waals surface area contributed by atoms with Crippen LogP contribution in [0.5, 0.6) is 0 Å². The number of nitrogens with one attached hydrogen (secondary N) is 1. The van der Waals surface area contributed by atoms with Crippen molar-refractivity contribution in [2.75, 3.05) is 6.61 Å². The highest BCUT2D eigenvalue weighted by Gasteiger charge is 2.30. The second-order valence-electron chi connectivity index (χ2n) is 6.79. The molecule has 138 valence electrons. The van der Waals surface area contributed by atoms with Gasteiger partial charge in [0.15, 0.2) is 6.29 Å². The molecule has 1 aliphatic carbocycles. The molecule has 5 nitrogen and oxygen atoms in total. The molecule has 2 aromatic carbocycles. The van der Waals surface area contributed by atoms with Crippen LogP contribution in [0.1, 0.15) is 37.3 Å². The molecule has 0 fully saturated rings. The summed E-state index contributed by atoms with van der Waals surface area (Å²) in [5.74, 6) is -0.0928. The van der Waals surface area contributed by atoms with Gasteiger partial charge in [-0.05, 0) is 28.2 Å². The summed E-state index contributed by atoms with van der Waals surface area (Å²) in [6.45, 7) is 3.99. The Kier molecular flexibility index (Phi) is 5.59. The van der Waals surface area contributed by atoms with Crippen LogP contribution in [0, 0.1) is 5.92 Å². The Morgan fingerprint density at radius 3 is 2.12 bits per heavy atom. The van der Waals surface area contributed by atoms with Crippen molar-refractivity contribution in [3.05, 3.63) is 59.7 Å². The van der Waals surface area contributed by atoms with Crippen molar-refractivity contribution in [1.82, 2.24) is 5.32 Å². The number of ether oxygens (including phenoxy) is 1. The van der Waals surface area contributed by atoms with Crippen molar-refractivity contribution in [1.29, 1.82) is 0 Å². The normalized spacial score (nSPS) is 15.3. The van der Waals surface area contributed by atoms with Crippen molar-refractivity contribution < 1.29 is 19.7 Å². The van der Waals surface area contributed by atoms with Gasteiger partial charge < -0.3 is 20.3 Å². The topological polar surface area (TPSA) is 78.8 Å². The van der Waals surface area contributed by atoms with Crippen LogP contribution in [0.25, 0.3) is 11.1 Å². The number of benzene rings is 2. The molecule has 3 rings (SSSR count). The number of hydrogen-bond donors (Lipinski definition) is 3. The Morgan fingerprint density at radius 2 is 1.62 bits per heavy atom. The Bertz CT molecular complexity index is 729. The lowest BCUT2D eigenvalue weighted by Crippen LogP contribution is -2.47. The number of aliphatic hydroxyl groups excluding tert-OH is 1. The lowest BCUT2D eigenvalue weighted by atomic mass is 9.98. The number of carbonyl (C=O) groups is 1. The van der Waals surface area contributed by atoms with Crippen molar-refractivity contribution in [3.8, 4) is 11.1 Å². The van der Waals surface area contributed by atoms with Crippen molar-refractivity contribution in [2.45, 2.75) is 38.5 Å². The van der Waals surface area contributed by atoms with Crippen LogP contribution < -0.4 is 5.32 Å². The van der Waals surface area contributed by atoms with Crippen LogP contribution in [0.4, 0.5) is 4.79 Å². The quantitative estimate of drug-likeness (QED) is 0.695. The van der Waals surface area contributed by atoms with E-state index in [4.69, 9.17) is 4.74 Å². The van der Waals surface area contributed by atoms with E-state index < -0.39 is 18.4 Å². The summed E-state index contributed by atoms with van der Waals surface area (Å²) in [5, 5.41) is 21.6. The van der Waals surface area contributed by atoms with Crippen LogP contribution in [0.15, 0.2) is 48.5 Å². The maximum atomic E-state index is 12.2. The van der Waals surface area contributed by atoms with Gasteiger partial charge in [0, 0.05) is 5.92 Å². The van der Waals surface area contributed by atoms with E-state index in [1.165, 1.54) is 11.1 Å². The van der Waals surface area contributed by atoms with E-state index in [0.717, 1.165) is 11.1 Å². The summed E-state index contributed by atoms with van der Waals surface area (Å²) >= 11 is 0. The number of alkyl carbamates (subject to hydrolysis) is 1. The van der Waals surface area contributed by atoms with Crippen LogP contribution in [-0.2, 0) is 4.74 Å². The minimum absolute atomic E-state index is 0.0192. The van der Waals surface area contributed by atoms with Gasteiger partial charge in [-0.15, -0.1) is 0 Å². The molecule has 3 N–H and O–H groups in total. The molecule has 0 aliphatic heterocycles. The van der Waals surface area contributed by atoms with Gasteiger partial charge in [0.05, 0.1) is 6.04 Å². The van der Waals surface area contributed by atoms with Gasteiger partial charge >= 0.3 is 6.09 Å². The molecule has 5 heteroatoms. The Balaban J connectivity index is 1.71. The predicted molar refractivity (Wildman–Crippen MR) is 99.7 cm³/mol. The molecular formula is C21H25NO4. The van der Waals surface area contributed by atoms with E-state index in [-0.39, 0.29) is 18.4 Å². The summed E-state index contributed by atoms with van der Waals surface area (Å²) < 4.78 is 5.44. The number of aliphatic hydroxyl groups is 2. The van der Waals surface area contributed by atoms with E-state index in [9.17, 15) is 15.0 Å². The molecule has 2 atom stereocenters. The van der Waals surface area contributed by atoms with Gasteiger partial charge in [-0.2, -0.15) is 0 Å². The number of amides is 1. The molecule has 0 radical (unpaired) electrons. The first kappa shape index (κ1) is 18.4. The second kappa shape index (κ2) is 7.89. The Morgan fingerprint density at radius 1 is 1.08 bits per heavy atom. The number of rotatable bonds is 6. The van der Waals surface area contributed by atoms with E-state index in [1.54, 1.807) is 0 Å². The van der Waals surface area contributed by atoms with Gasteiger partial charge in [0.2, 0.25) is 0 Å². The number of fused-ring (bicyclic) bond motifs is 3. The van der Waals surface area contributed by atoms with E-state index >= 15 is 0 Å². The molecule has 0 saturated heterocycles. The van der Waals surface area contributed by atoms with Gasteiger partial charge in [-0.25, -0.2) is 4.79 Å². The zero-order chi connectivity index (χ0) is 18.7. The molecule has 2 unspecified atom stereocenters. The molecular weight excluding hydrogens is 330 g/mol. The highest BCUT2D eigenvalue weighted by Crippen LogP contribution is 2.44. The fourth-order valence-corrected chi connectivity index (χ4v) is 3.54. The van der Waals surface area contributed by atoms with Crippen LogP contribution >= 0.6 is 0 Å². The third-order valence-electron chi connectivity index (χ3n) is 5.21. The average molecular weight is 355 g/mol. The lowest BCUT2D eigenvalue weighted by molar-refractivity contribution is -0.0783. The maximum Gasteiger partial charge on any atom is 0.407 e. The molecule has 26 heavy (non-hydrogen) atoms. The predicted octanol–water partition coefficient (Wildman–Crippen LogP) is 3.25. The van der Waals surface area contributed by atoms with Crippen molar-refractivity contribution in [2.24, 2.45) is 5.92 Å². The third kappa shape index (κ3) is 3.59. The minimum Gasteiger partial charge on any atom is -0.449 e. The standard InChI is InChI=1S/C21H25NO4/c1-3-13(2)19(20(23)24)22-21(25)26-12-18-16-10-6-4-8-14(16)15-9-5-7-11-17(15)18/h4-11,13,18-20,23-24H,3,12H2,1-2H3,(H,22,25). The summed E-state index contributed by atoms with van der Waals surface area (Å²) in [6, 6.07) is 15.5. The van der Waals surface area contributed by atoms with E-state index in [1.807, 2.05) is 38.1 Å². The molecule has 1 aliphatic rings. The minimum atomic E-state index is -1.62. The Labute approximate surface area is 153 Å². The van der Waals surface area contributed by atoms with Gasteiger partial charge in [-0.1, -0.05) is 68.8 Å². The van der Waals surface area contributed by atoms with Gasteiger partial charge in [0.1, 0.15) is 6.61 Å². The van der Waals surface area contributed by atoms with Gasteiger partial charge in [-0.3, -0.25) is 0 Å². The summed E-state index contributed by atoms with van der Waals surface area (Å²) in [5.41, 5.74) is 4.62. The molecule has 0 spiro atoms. The molecule has 0 saturated carbocycles. The van der Waals surface area contributed by atoms with Crippen LogP contribution in [0.2, 0.25) is 0 Å². The summed E-state index contributed by atoms with van der Waals surface area (Å²) in [4.78, 5) is 12.2. The zero-order valence-electron chi connectivity index (χ0n) is 15.1. The van der Waals surface area contributed by atoms with E-state index in [0.29, 0.717) is 6.42 Å².